The highest BCUT2D eigenvalue weighted by molar-refractivity contribution is 9.10. The maximum absolute atomic E-state index is 6.27. The van der Waals surface area contributed by atoms with Crippen LogP contribution in [0.3, 0.4) is 0 Å². The number of aromatic nitrogens is 2. The summed E-state index contributed by atoms with van der Waals surface area (Å²) < 4.78 is 0.789. The van der Waals surface area contributed by atoms with Crippen molar-refractivity contribution in [1.82, 2.24) is 14.9 Å². The highest BCUT2D eigenvalue weighted by Crippen LogP contribution is 2.31. The van der Waals surface area contributed by atoms with Gasteiger partial charge in [-0.25, -0.2) is 0 Å². The standard InChI is InChI=1S/C16H27BrClN5/c1-3-4-5-6-7-8-19-16-20-14(18)13(17)15(21-16)23-11-9-22(2)10-12-23/h3-12H2,1-2H3,(H,19,20,21). The minimum absolute atomic E-state index is 0.474. The van der Waals surface area contributed by atoms with E-state index >= 15 is 0 Å². The molecule has 1 aliphatic rings. The Bertz CT molecular complexity index is 492. The molecule has 2 heterocycles. The molecule has 1 aromatic heterocycles. The third kappa shape index (κ3) is 5.76. The van der Waals surface area contributed by atoms with Crippen LogP contribution in [0.25, 0.3) is 0 Å². The Balaban J connectivity index is 1.93. The summed E-state index contributed by atoms with van der Waals surface area (Å²) >= 11 is 9.81. The van der Waals surface area contributed by atoms with Crippen molar-refractivity contribution in [2.24, 2.45) is 0 Å². The van der Waals surface area contributed by atoms with E-state index in [0.717, 1.165) is 49.4 Å². The lowest BCUT2D eigenvalue weighted by Gasteiger charge is -2.33. The maximum Gasteiger partial charge on any atom is 0.226 e. The van der Waals surface area contributed by atoms with Crippen LogP contribution in [0.15, 0.2) is 4.47 Å². The van der Waals surface area contributed by atoms with Crippen LogP contribution in [0.1, 0.15) is 39.0 Å². The van der Waals surface area contributed by atoms with Crippen LogP contribution in [0.2, 0.25) is 5.15 Å². The molecule has 2 rings (SSSR count). The lowest BCUT2D eigenvalue weighted by Crippen LogP contribution is -2.45. The van der Waals surface area contributed by atoms with Gasteiger partial charge in [0.25, 0.3) is 0 Å². The van der Waals surface area contributed by atoms with Gasteiger partial charge in [-0.3, -0.25) is 0 Å². The molecule has 0 spiro atoms. The summed E-state index contributed by atoms with van der Waals surface area (Å²) in [4.78, 5) is 13.6. The summed E-state index contributed by atoms with van der Waals surface area (Å²) in [5.41, 5.74) is 0. The Morgan fingerprint density at radius 3 is 2.48 bits per heavy atom. The Labute approximate surface area is 152 Å². The third-order valence-electron chi connectivity index (χ3n) is 4.16. The van der Waals surface area contributed by atoms with Gasteiger partial charge in [0, 0.05) is 32.7 Å². The zero-order chi connectivity index (χ0) is 16.7. The van der Waals surface area contributed by atoms with Gasteiger partial charge in [0.05, 0.1) is 4.47 Å². The molecule has 5 nitrogen and oxygen atoms in total. The van der Waals surface area contributed by atoms with E-state index in [1.807, 2.05) is 0 Å². The number of nitrogens with one attached hydrogen (secondary N) is 1. The average Bonchev–Trinajstić information content (AvgIpc) is 2.55. The second-order valence-corrected chi connectivity index (χ2v) is 7.26. The van der Waals surface area contributed by atoms with Crippen molar-refractivity contribution in [2.75, 3.05) is 50.0 Å². The Hall–Kier alpha value is -0.590. The Morgan fingerprint density at radius 1 is 1.09 bits per heavy atom. The first-order valence-corrected chi connectivity index (χ1v) is 9.69. The summed E-state index contributed by atoms with van der Waals surface area (Å²) in [7, 11) is 2.14. The SMILES string of the molecule is CCCCCCCNc1nc(Cl)c(Br)c(N2CCN(C)CC2)n1. The smallest absolute Gasteiger partial charge is 0.226 e. The molecule has 0 unspecified atom stereocenters. The Morgan fingerprint density at radius 2 is 1.78 bits per heavy atom. The average molecular weight is 405 g/mol. The van der Waals surface area contributed by atoms with E-state index in [1.54, 1.807) is 0 Å². The van der Waals surface area contributed by atoms with Gasteiger partial charge in [-0.05, 0) is 29.4 Å². The minimum Gasteiger partial charge on any atom is -0.354 e. The highest BCUT2D eigenvalue weighted by Gasteiger charge is 2.20. The number of unbranched alkanes of at least 4 members (excludes halogenated alkanes) is 4. The van der Waals surface area contributed by atoms with E-state index in [2.05, 4.69) is 55.0 Å². The molecule has 0 aliphatic carbocycles. The summed E-state index contributed by atoms with van der Waals surface area (Å²) in [6, 6.07) is 0. The van der Waals surface area contributed by atoms with E-state index in [-0.39, 0.29) is 0 Å². The van der Waals surface area contributed by atoms with Gasteiger partial charge in [0.15, 0.2) is 5.15 Å². The second-order valence-electron chi connectivity index (χ2n) is 6.11. The topological polar surface area (TPSA) is 44.3 Å². The fourth-order valence-electron chi connectivity index (χ4n) is 2.64. The van der Waals surface area contributed by atoms with Crippen molar-refractivity contribution in [2.45, 2.75) is 39.0 Å². The van der Waals surface area contributed by atoms with E-state index in [9.17, 15) is 0 Å². The van der Waals surface area contributed by atoms with Gasteiger partial charge in [0.1, 0.15) is 5.82 Å². The zero-order valence-corrected chi connectivity index (χ0v) is 16.5. The molecule has 0 amide bonds. The van der Waals surface area contributed by atoms with Gasteiger partial charge in [-0.1, -0.05) is 44.2 Å². The van der Waals surface area contributed by atoms with Gasteiger partial charge >= 0.3 is 0 Å². The van der Waals surface area contributed by atoms with Crippen molar-refractivity contribution in [3.63, 3.8) is 0 Å². The van der Waals surface area contributed by atoms with Crippen LogP contribution < -0.4 is 10.2 Å². The number of halogens is 2. The van der Waals surface area contributed by atoms with Crippen molar-refractivity contribution in [3.05, 3.63) is 9.63 Å². The van der Waals surface area contributed by atoms with Gasteiger partial charge in [-0.2, -0.15) is 9.97 Å². The van der Waals surface area contributed by atoms with Crippen LogP contribution in [0.4, 0.5) is 11.8 Å². The number of anilines is 2. The number of rotatable bonds is 8. The van der Waals surface area contributed by atoms with Crippen molar-refractivity contribution >= 4 is 39.3 Å². The van der Waals surface area contributed by atoms with Gasteiger partial charge in [-0.15, -0.1) is 0 Å². The molecular formula is C16H27BrClN5. The first kappa shape index (κ1) is 18.7. The van der Waals surface area contributed by atoms with Gasteiger partial charge in [0.2, 0.25) is 5.95 Å². The molecule has 130 valence electrons. The molecule has 1 saturated heterocycles. The summed E-state index contributed by atoms with van der Waals surface area (Å²) in [6.45, 7) is 7.11. The fraction of sp³-hybridized carbons (Fsp3) is 0.750. The molecule has 1 fully saturated rings. The zero-order valence-electron chi connectivity index (χ0n) is 14.1. The van der Waals surface area contributed by atoms with Gasteiger partial charge < -0.3 is 15.1 Å². The number of hydrogen-bond acceptors (Lipinski definition) is 5. The first-order valence-electron chi connectivity index (χ1n) is 8.52. The lowest BCUT2D eigenvalue weighted by atomic mass is 10.1. The van der Waals surface area contributed by atoms with Crippen LogP contribution in [0, 0.1) is 0 Å². The molecule has 0 atom stereocenters. The van der Waals surface area contributed by atoms with Crippen LogP contribution in [0.5, 0.6) is 0 Å². The quantitative estimate of drug-likeness (QED) is 0.523. The number of hydrogen-bond donors (Lipinski definition) is 1. The van der Waals surface area contributed by atoms with Crippen LogP contribution >= 0.6 is 27.5 Å². The summed E-state index contributed by atoms with van der Waals surface area (Å²) in [5, 5.41) is 3.79. The summed E-state index contributed by atoms with van der Waals surface area (Å²) in [6.07, 6.45) is 6.27. The van der Waals surface area contributed by atoms with E-state index in [1.165, 1.54) is 25.7 Å². The first-order chi connectivity index (χ1) is 11.1. The molecular weight excluding hydrogens is 378 g/mol. The fourth-order valence-corrected chi connectivity index (χ4v) is 3.24. The number of likely N-dealkylation sites (N-methyl/N-ethyl adjacent to an activating group) is 1. The van der Waals surface area contributed by atoms with Crippen LogP contribution in [-0.2, 0) is 0 Å². The molecule has 7 heteroatoms. The molecule has 23 heavy (non-hydrogen) atoms. The highest BCUT2D eigenvalue weighted by atomic mass is 79.9. The predicted molar refractivity (Wildman–Crippen MR) is 102 cm³/mol. The molecule has 0 saturated carbocycles. The number of piperazine rings is 1. The summed E-state index contributed by atoms with van der Waals surface area (Å²) in [5.74, 6) is 1.52. The van der Waals surface area contributed by atoms with Crippen molar-refractivity contribution in [3.8, 4) is 0 Å². The minimum atomic E-state index is 0.474. The Kier molecular flexibility index (Phi) is 7.86. The third-order valence-corrected chi connectivity index (χ3v) is 5.39. The molecule has 0 radical (unpaired) electrons. The monoisotopic (exact) mass is 403 g/mol. The molecule has 0 bridgehead atoms. The molecule has 1 aliphatic heterocycles. The molecule has 1 aromatic rings. The number of nitrogens with zero attached hydrogens (tertiary/aromatic N) is 4. The van der Waals surface area contributed by atoms with E-state index in [0.29, 0.717) is 11.1 Å². The van der Waals surface area contributed by atoms with E-state index in [4.69, 9.17) is 11.6 Å². The van der Waals surface area contributed by atoms with Crippen molar-refractivity contribution in [1.29, 1.82) is 0 Å². The van der Waals surface area contributed by atoms with E-state index < -0.39 is 0 Å². The molecule has 1 N–H and O–H groups in total. The van der Waals surface area contributed by atoms with Crippen molar-refractivity contribution < 1.29 is 0 Å². The normalized spacial score (nSPS) is 15.9. The maximum atomic E-state index is 6.27. The molecule has 0 aromatic carbocycles. The lowest BCUT2D eigenvalue weighted by molar-refractivity contribution is 0.312. The predicted octanol–water partition coefficient (Wildman–Crippen LogP) is 4.03. The van der Waals surface area contributed by atoms with Crippen LogP contribution in [-0.4, -0.2) is 54.6 Å². The largest absolute Gasteiger partial charge is 0.354 e. The second kappa shape index (κ2) is 9.64.